The highest BCUT2D eigenvalue weighted by Gasteiger charge is 2.31. The lowest BCUT2D eigenvalue weighted by Gasteiger charge is -2.29. The number of nitrogens with one attached hydrogen (secondary N) is 2. The molecule has 2 fully saturated rings. The monoisotopic (exact) mass is 275 g/mol. The van der Waals surface area contributed by atoms with E-state index in [-0.39, 0.29) is 6.04 Å². The third-order valence-corrected chi connectivity index (χ3v) is 5.18. The van der Waals surface area contributed by atoms with Gasteiger partial charge in [0.05, 0.1) is 0 Å². The Hall–Kier alpha value is -0.170. The average molecular weight is 275 g/mol. The van der Waals surface area contributed by atoms with Crippen molar-refractivity contribution in [1.82, 2.24) is 14.3 Å². The van der Waals surface area contributed by atoms with Gasteiger partial charge in [-0.3, -0.25) is 0 Å². The number of hydrogen-bond acceptors (Lipinski definition) is 3. The zero-order valence-electron chi connectivity index (χ0n) is 11.2. The summed E-state index contributed by atoms with van der Waals surface area (Å²) in [6.45, 7) is 4.25. The molecular formula is C12H25N3O2S. The Morgan fingerprint density at radius 2 is 2.06 bits per heavy atom. The van der Waals surface area contributed by atoms with Crippen molar-refractivity contribution in [3.63, 3.8) is 0 Å². The topological polar surface area (TPSA) is 61.4 Å². The van der Waals surface area contributed by atoms with E-state index in [4.69, 9.17) is 0 Å². The summed E-state index contributed by atoms with van der Waals surface area (Å²) in [5.41, 5.74) is 0. The molecule has 2 rings (SSSR count). The standard InChI is InChI=1S/C12H25N3O2S/c1-2-9-15(10-12-5-3-4-8-13-12)18(16,17)14-11-6-7-11/h11-14H,2-10H2,1H3. The van der Waals surface area contributed by atoms with Gasteiger partial charge in [0.15, 0.2) is 0 Å². The molecule has 1 saturated carbocycles. The highest BCUT2D eigenvalue weighted by atomic mass is 32.2. The van der Waals surface area contributed by atoms with Gasteiger partial charge >= 0.3 is 0 Å². The minimum absolute atomic E-state index is 0.189. The summed E-state index contributed by atoms with van der Waals surface area (Å²) in [5, 5.41) is 3.42. The molecule has 106 valence electrons. The van der Waals surface area contributed by atoms with Gasteiger partial charge in [0.25, 0.3) is 10.2 Å². The quantitative estimate of drug-likeness (QED) is 0.724. The highest BCUT2D eigenvalue weighted by molar-refractivity contribution is 7.87. The van der Waals surface area contributed by atoms with Crippen LogP contribution in [0.2, 0.25) is 0 Å². The maximum atomic E-state index is 12.2. The predicted octanol–water partition coefficient (Wildman–Crippen LogP) is 0.837. The Morgan fingerprint density at radius 3 is 2.61 bits per heavy atom. The summed E-state index contributed by atoms with van der Waals surface area (Å²) in [4.78, 5) is 0. The van der Waals surface area contributed by atoms with E-state index < -0.39 is 10.2 Å². The Balaban J connectivity index is 1.92. The number of piperidine rings is 1. The minimum atomic E-state index is -3.28. The van der Waals surface area contributed by atoms with Gasteiger partial charge < -0.3 is 5.32 Å². The van der Waals surface area contributed by atoms with Crippen molar-refractivity contribution in [2.24, 2.45) is 0 Å². The summed E-state index contributed by atoms with van der Waals surface area (Å²) >= 11 is 0. The van der Waals surface area contributed by atoms with E-state index in [0.717, 1.165) is 32.2 Å². The van der Waals surface area contributed by atoms with Crippen molar-refractivity contribution < 1.29 is 8.42 Å². The van der Waals surface area contributed by atoms with Crippen LogP contribution in [0.4, 0.5) is 0 Å². The first-order chi connectivity index (χ1) is 8.62. The second kappa shape index (κ2) is 6.32. The first-order valence-corrected chi connectivity index (χ1v) is 8.56. The van der Waals surface area contributed by atoms with Crippen LogP contribution in [-0.2, 0) is 10.2 Å². The Bertz CT molecular complexity index is 348. The number of rotatable bonds is 7. The van der Waals surface area contributed by atoms with Gasteiger partial charge in [0.1, 0.15) is 0 Å². The molecule has 0 aromatic carbocycles. The molecular weight excluding hydrogens is 250 g/mol. The molecule has 6 heteroatoms. The molecule has 0 bridgehead atoms. The fourth-order valence-corrected chi connectivity index (χ4v) is 3.98. The molecule has 1 unspecified atom stereocenters. The molecule has 2 aliphatic rings. The van der Waals surface area contributed by atoms with Gasteiger partial charge in [0, 0.05) is 25.2 Å². The van der Waals surface area contributed by atoms with Gasteiger partial charge in [-0.15, -0.1) is 0 Å². The third-order valence-electron chi connectivity index (χ3n) is 3.54. The summed E-state index contributed by atoms with van der Waals surface area (Å²) in [6, 6.07) is 0.509. The molecule has 0 aromatic rings. The zero-order chi connectivity index (χ0) is 13.0. The van der Waals surface area contributed by atoms with Crippen molar-refractivity contribution >= 4 is 10.2 Å². The van der Waals surface area contributed by atoms with Crippen LogP contribution in [0.25, 0.3) is 0 Å². The van der Waals surface area contributed by atoms with E-state index in [0.29, 0.717) is 19.1 Å². The smallest absolute Gasteiger partial charge is 0.279 e. The first-order valence-electron chi connectivity index (χ1n) is 7.12. The molecule has 0 spiro atoms. The van der Waals surface area contributed by atoms with Gasteiger partial charge in [0.2, 0.25) is 0 Å². The summed E-state index contributed by atoms with van der Waals surface area (Å²) in [6.07, 6.45) is 6.32. The van der Waals surface area contributed by atoms with E-state index in [9.17, 15) is 8.42 Å². The Morgan fingerprint density at radius 1 is 1.28 bits per heavy atom. The van der Waals surface area contributed by atoms with Gasteiger partial charge in [-0.25, -0.2) is 0 Å². The van der Waals surface area contributed by atoms with Crippen LogP contribution in [0, 0.1) is 0 Å². The lowest BCUT2D eigenvalue weighted by molar-refractivity contribution is 0.309. The molecule has 2 N–H and O–H groups in total. The molecule has 1 aliphatic carbocycles. The van der Waals surface area contributed by atoms with E-state index in [2.05, 4.69) is 10.0 Å². The lowest BCUT2D eigenvalue weighted by atomic mass is 10.1. The Kier molecular flexibility index (Phi) is 5.00. The first kappa shape index (κ1) is 14.2. The van der Waals surface area contributed by atoms with E-state index >= 15 is 0 Å². The predicted molar refractivity (Wildman–Crippen MR) is 72.6 cm³/mol. The van der Waals surface area contributed by atoms with Gasteiger partial charge in [-0.2, -0.15) is 17.4 Å². The molecule has 1 aliphatic heterocycles. The molecule has 1 atom stereocenters. The fraction of sp³-hybridized carbons (Fsp3) is 1.00. The largest absolute Gasteiger partial charge is 0.313 e. The molecule has 18 heavy (non-hydrogen) atoms. The summed E-state index contributed by atoms with van der Waals surface area (Å²) in [7, 11) is -3.28. The van der Waals surface area contributed by atoms with Crippen molar-refractivity contribution in [2.75, 3.05) is 19.6 Å². The van der Waals surface area contributed by atoms with Crippen LogP contribution >= 0.6 is 0 Å². The molecule has 0 amide bonds. The van der Waals surface area contributed by atoms with Crippen molar-refractivity contribution in [3.05, 3.63) is 0 Å². The number of nitrogens with zero attached hydrogens (tertiary/aromatic N) is 1. The highest BCUT2D eigenvalue weighted by Crippen LogP contribution is 2.21. The van der Waals surface area contributed by atoms with Crippen molar-refractivity contribution in [1.29, 1.82) is 0 Å². The average Bonchev–Trinajstić information content (AvgIpc) is 3.13. The SMILES string of the molecule is CCCN(CC1CCCCN1)S(=O)(=O)NC1CC1. The van der Waals surface area contributed by atoms with Crippen LogP contribution in [0.1, 0.15) is 45.4 Å². The van der Waals surface area contributed by atoms with Crippen molar-refractivity contribution in [2.45, 2.75) is 57.5 Å². The zero-order valence-corrected chi connectivity index (χ0v) is 12.0. The molecule has 0 aromatic heterocycles. The summed E-state index contributed by atoms with van der Waals surface area (Å²) in [5.74, 6) is 0. The molecule has 0 radical (unpaired) electrons. The van der Waals surface area contributed by atoms with Gasteiger partial charge in [-0.05, 0) is 38.6 Å². The molecule has 1 heterocycles. The van der Waals surface area contributed by atoms with Gasteiger partial charge in [-0.1, -0.05) is 13.3 Å². The van der Waals surface area contributed by atoms with Crippen LogP contribution < -0.4 is 10.0 Å². The Labute approximate surface area is 110 Å². The van der Waals surface area contributed by atoms with Crippen LogP contribution in [-0.4, -0.2) is 44.4 Å². The molecule has 5 nitrogen and oxygen atoms in total. The van der Waals surface area contributed by atoms with E-state index in [1.807, 2.05) is 6.92 Å². The fourth-order valence-electron chi connectivity index (χ4n) is 2.37. The van der Waals surface area contributed by atoms with E-state index in [1.54, 1.807) is 4.31 Å². The summed E-state index contributed by atoms with van der Waals surface area (Å²) < 4.78 is 28.9. The minimum Gasteiger partial charge on any atom is -0.313 e. The maximum Gasteiger partial charge on any atom is 0.279 e. The van der Waals surface area contributed by atoms with Crippen molar-refractivity contribution in [3.8, 4) is 0 Å². The van der Waals surface area contributed by atoms with Crippen LogP contribution in [0.3, 0.4) is 0 Å². The van der Waals surface area contributed by atoms with Crippen LogP contribution in [0.5, 0.6) is 0 Å². The second-order valence-electron chi connectivity index (χ2n) is 5.40. The lowest BCUT2D eigenvalue weighted by Crippen LogP contribution is -2.49. The van der Waals surface area contributed by atoms with E-state index in [1.165, 1.54) is 12.8 Å². The third kappa shape index (κ3) is 4.19. The number of hydrogen-bond donors (Lipinski definition) is 2. The van der Waals surface area contributed by atoms with Crippen LogP contribution in [0.15, 0.2) is 0 Å². The normalized spacial score (nSPS) is 25.6. The second-order valence-corrected chi connectivity index (χ2v) is 7.10. The molecule has 1 saturated heterocycles. The maximum absolute atomic E-state index is 12.2.